The molecule has 0 saturated heterocycles. The molecule has 1 aromatic heterocycles. The highest BCUT2D eigenvalue weighted by Crippen LogP contribution is 2.14. The summed E-state index contributed by atoms with van der Waals surface area (Å²) in [6.07, 6.45) is 5.82. The Balaban J connectivity index is 2.75. The normalized spacial score (nSPS) is 15.0. The molecule has 1 aromatic rings. The fourth-order valence-corrected chi connectivity index (χ4v) is 2.34. The molecule has 0 amide bonds. The lowest BCUT2D eigenvalue weighted by Crippen LogP contribution is -2.48. The summed E-state index contributed by atoms with van der Waals surface area (Å²) in [7, 11) is 1.73. The van der Waals surface area contributed by atoms with Gasteiger partial charge in [-0.3, -0.25) is 11.3 Å². The molecule has 5 nitrogen and oxygen atoms in total. The first-order valence-corrected chi connectivity index (χ1v) is 6.62. The molecule has 0 spiro atoms. The molecule has 1 rings (SSSR count). The second-order valence-corrected chi connectivity index (χ2v) is 4.96. The van der Waals surface area contributed by atoms with Crippen LogP contribution in [0.2, 0.25) is 0 Å². The van der Waals surface area contributed by atoms with Crippen LogP contribution in [0.15, 0.2) is 12.4 Å². The largest absolute Gasteiger partial charge is 0.379 e. The smallest absolute Gasteiger partial charge is 0.110 e. The van der Waals surface area contributed by atoms with Gasteiger partial charge in [0.25, 0.3) is 0 Å². The molecular weight excluding hydrogens is 228 g/mol. The van der Waals surface area contributed by atoms with Gasteiger partial charge >= 0.3 is 0 Å². The zero-order chi connectivity index (χ0) is 13.5. The topological polar surface area (TPSA) is 65.1 Å². The summed E-state index contributed by atoms with van der Waals surface area (Å²) < 4.78 is 7.71. The Morgan fingerprint density at radius 2 is 2.22 bits per heavy atom. The summed E-state index contributed by atoms with van der Waals surface area (Å²) in [6, 6.07) is 0.0769. The molecule has 0 aliphatic rings. The second kappa shape index (κ2) is 7.51. The molecule has 0 bridgehead atoms. The molecule has 0 aromatic carbocycles. The van der Waals surface area contributed by atoms with Gasteiger partial charge in [0, 0.05) is 32.5 Å². The van der Waals surface area contributed by atoms with Crippen LogP contribution in [0.4, 0.5) is 0 Å². The maximum Gasteiger partial charge on any atom is 0.110 e. The van der Waals surface area contributed by atoms with E-state index in [1.54, 1.807) is 7.11 Å². The van der Waals surface area contributed by atoms with E-state index in [2.05, 4.69) is 35.7 Å². The highest BCUT2D eigenvalue weighted by molar-refractivity contribution is 4.97. The van der Waals surface area contributed by atoms with Crippen molar-refractivity contribution < 1.29 is 4.74 Å². The lowest BCUT2D eigenvalue weighted by Gasteiger charge is -2.28. The van der Waals surface area contributed by atoms with E-state index in [9.17, 15) is 0 Å². The van der Waals surface area contributed by atoms with Gasteiger partial charge in [0.1, 0.15) is 5.82 Å². The highest BCUT2D eigenvalue weighted by atomic mass is 16.5. The maximum absolute atomic E-state index is 5.66. The first-order chi connectivity index (χ1) is 8.63. The fourth-order valence-electron chi connectivity index (χ4n) is 2.34. The van der Waals surface area contributed by atoms with Gasteiger partial charge in [-0.25, -0.2) is 4.98 Å². The number of hydrogen-bond donors (Lipinski definition) is 2. The molecule has 0 radical (unpaired) electrons. The van der Waals surface area contributed by atoms with Crippen molar-refractivity contribution >= 4 is 0 Å². The molecule has 3 N–H and O–H groups in total. The highest BCUT2D eigenvalue weighted by Gasteiger charge is 2.25. The minimum Gasteiger partial charge on any atom is -0.379 e. The Bertz CT molecular complexity index is 337. The third kappa shape index (κ3) is 3.80. The fraction of sp³-hybridized carbons (Fsp3) is 0.769. The predicted molar refractivity (Wildman–Crippen MR) is 73.0 cm³/mol. The van der Waals surface area contributed by atoms with Gasteiger partial charge in [-0.1, -0.05) is 20.8 Å². The van der Waals surface area contributed by atoms with Crippen LogP contribution in [-0.2, 0) is 17.7 Å². The summed E-state index contributed by atoms with van der Waals surface area (Å²) in [5.41, 5.74) is 2.86. The minimum absolute atomic E-state index is 0.0769. The van der Waals surface area contributed by atoms with Crippen molar-refractivity contribution in [3.8, 4) is 0 Å². The number of aryl methyl sites for hydroxylation is 1. The zero-order valence-corrected chi connectivity index (χ0v) is 11.9. The molecule has 0 fully saturated rings. The zero-order valence-electron chi connectivity index (χ0n) is 11.9. The van der Waals surface area contributed by atoms with Gasteiger partial charge in [0.15, 0.2) is 0 Å². The summed E-state index contributed by atoms with van der Waals surface area (Å²) in [5.74, 6) is 7.13. The summed E-state index contributed by atoms with van der Waals surface area (Å²) in [5, 5.41) is 0. The molecule has 2 atom stereocenters. The van der Waals surface area contributed by atoms with Crippen molar-refractivity contribution in [2.24, 2.45) is 11.8 Å². The molecule has 18 heavy (non-hydrogen) atoms. The molecule has 2 unspecified atom stereocenters. The standard InChI is InChI=1S/C13H26N4O/c1-5-7-17-8-6-15-12(17)9-11(16-14)13(18-4)10(2)3/h6,8,10-11,13,16H,5,7,9,14H2,1-4H3. The molecule has 104 valence electrons. The van der Waals surface area contributed by atoms with Gasteiger partial charge in [-0.2, -0.15) is 0 Å². The van der Waals surface area contributed by atoms with E-state index in [0.717, 1.165) is 25.2 Å². The number of hydrazine groups is 1. The van der Waals surface area contributed by atoms with E-state index in [0.29, 0.717) is 5.92 Å². The number of hydrogen-bond acceptors (Lipinski definition) is 4. The van der Waals surface area contributed by atoms with Crippen LogP contribution < -0.4 is 11.3 Å². The van der Waals surface area contributed by atoms with Crippen LogP contribution in [0.25, 0.3) is 0 Å². The third-order valence-corrected chi connectivity index (χ3v) is 3.21. The SMILES string of the molecule is CCCn1ccnc1CC(NN)C(OC)C(C)C. The lowest BCUT2D eigenvalue weighted by molar-refractivity contribution is 0.0324. The Morgan fingerprint density at radius 1 is 1.50 bits per heavy atom. The number of ether oxygens (including phenoxy) is 1. The lowest BCUT2D eigenvalue weighted by atomic mass is 9.97. The van der Waals surface area contributed by atoms with Crippen LogP contribution in [0.5, 0.6) is 0 Å². The van der Waals surface area contributed by atoms with Crippen molar-refractivity contribution in [3.05, 3.63) is 18.2 Å². The van der Waals surface area contributed by atoms with E-state index in [4.69, 9.17) is 10.6 Å². The molecule has 5 heteroatoms. The number of nitrogens with one attached hydrogen (secondary N) is 1. The van der Waals surface area contributed by atoms with Crippen molar-refractivity contribution in [3.63, 3.8) is 0 Å². The van der Waals surface area contributed by atoms with E-state index in [1.165, 1.54) is 0 Å². The molecule has 1 heterocycles. The second-order valence-electron chi connectivity index (χ2n) is 4.96. The number of nitrogens with two attached hydrogens (primary N) is 1. The summed E-state index contributed by atoms with van der Waals surface area (Å²) >= 11 is 0. The van der Waals surface area contributed by atoms with Gasteiger partial charge in [-0.05, 0) is 12.3 Å². The molecule has 0 saturated carbocycles. The molecular formula is C13H26N4O. The Hall–Kier alpha value is -0.910. The summed E-state index contributed by atoms with van der Waals surface area (Å²) in [4.78, 5) is 4.41. The Kier molecular flexibility index (Phi) is 6.32. The quantitative estimate of drug-likeness (QED) is 0.543. The van der Waals surface area contributed by atoms with Crippen LogP contribution in [0.1, 0.15) is 33.0 Å². The van der Waals surface area contributed by atoms with Gasteiger partial charge < -0.3 is 9.30 Å². The van der Waals surface area contributed by atoms with E-state index < -0.39 is 0 Å². The number of imidazole rings is 1. The van der Waals surface area contributed by atoms with E-state index in [-0.39, 0.29) is 12.1 Å². The third-order valence-electron chi connectivity index (χ3n) is 3.21. The summed E-state index contributed by atoms with van der Waals surface area (Å²) in [6.45, 7) is 7.43. The van der Waals surface area contributed by atoms with Gasteiger partial charge in [0.2, 0.25) is 0 Å². The number of rotatable bonds is 8. The van der Waals surface area contributed by atoms with Crippen LogP contribution in [0.3, 0.4) is 0 Å². The van der Waals surface area contributed by atoms with Crippen molar-refractivity contribution in [1.82, 2.24) is 15.0 Å². The van der Waals surface area contributed by atoms with Gasteiger partial charge in [0.05, 0.1) is 12.1 Å². The van der Waals surface area contributed by atoms with Crippen LogP contribution in [0, 0.1) is 5.92 Å². The number of aromatic nitrogens is 2. The van der Waals surface area contributed by atoms with Crippen LogP contribution >= 0.6 is 0 Å². The first kappa shape index (κ1) is 15.1. The van der Waals surface area contributed by atoms with Crippen LogP contribution in [-0.4, -0.2) is 28.8 Å². The molecule has 0 aliphatic carbocycles. The predicted octanol–water partition coefficient (Wildman–Crippen LogP) is 1.34. The maximum atomic E-state index is 5.66. The Labute approximate surface area is 110 Å². The Morgan fingerprint density at radius 3 is 2.72 bits per heavy atom. The van der Waals surface area contributed by atoms with Crippen molar-refractivity contribution in [2.75, 3.05) is 7.11 Å². The average Bonchev–Trinajstić information content (AvgIpc) is 2.76. The molecule has 0 aliphatic heterocycles. The number of nitrogens with zero attached hydrogens (tertiary/aromatic N) is 2. The average molecular weight is 254 g/mol. The monoisotopic (exact) mass is 254 g/mol. The minimum atomic E-state index is 0.0769. The van der Waals surface area contributed by atoms with E-state index >= 15 is 0 Å². The van der Waals surface area contributed by atoms with E-state index in [1.807, 2.05) is 12.4 Å². The number of methoxy groups -OCH3 is 1. The van der Waals surface area contributed by atoms with Crippen molar-refractivity contribution in [1.29, 1.82) is 0 Å². The first-order valence-electron chi connectivity index (χ1n) is 6.62. The van der Waals surface area contributed by atoms with Crippen molar-refractivity contribution in [2.45, 2.75) is 52.3 Å². The van der Waals surface area contributed by atoms with Gasteiger partial charge in [-0.15, -0.1) is 0 Å².